The SMILES string of the molecule is CC1(OCc2csc(N)n2)CCN(C2CCCCCC2)CC1. The number of anilines is 1. The first-order chi connectivity index (χ1) is 10.6. The van der Waals surface area contributed by atoms with E-state index >= 15 is 0 Å². The van der Waals surface area contributed by atoms with Gasteiger partial charge >= 0.3 is 0 Å². The summed E-state index contributed by atoms with van der Waals surface area (Å²) in [7, 11) is 0. The molecule has 5 heteroatoms. The van der Waals surface area contributed by atoms with Crippen molar-refractivity contribution in [2.75, 3.05) is 18.8 Å². The highest BCUT2D eigenvalue weighted by molar-refractivity contribution is 7.13. The molecule has 0 spiro atoms. The maximum atomic E-state index is 6.19. The number of piperidine rings is 1. The lowest BCUT2D eigenvalue weighted by molar-refractivity contribution is -0.0870. The topological polar surface area (TPSA) is 51.4 Å². The first kappa shape index (κ1) is 16.2. The number of thiazole rings is 1. The summed E-state index contributed by atoms with van der Waals surface area (Å²) in [4.78, 5) is 7.01. The van der Waals surface area contributed by atoms with Crippen molar-refractivity contribution in [3.8, 4) is 0 Å². The van der Waals surface area contributed by atoms with Crippen LogP contribution in [0.1, 0.15) is 64.0 Å². The number of nitrogens with two attached hydrogens (primary N) is 1. The lowest BCUT2D eigenvalue weighted by Gasteiger charge is -2.42. The van der Waals surface area contributed by atoms with Crippen molar-refractivity contribution in [1.29, 1.82) is 0 Å². The van der Waals surface area contributed by atoms with E-state index in [4.69, 9.17) is 10.5 Å². The molecule has 1 aliphatic heterocycles. The fraction of sp³-hybridized carbons (Fsp3) is 0.824. The Morgan fingerprint density at radius 2 is 1.95 bits per heavy atom. The Labute approximate surface area is 138 Å². The third kappa shape index (κ3) is 4.21. The van der Waals surface area contributed by atoms with Crippen molar-refractivity contribution in [2.24, 2.45) is 0 Å². The Balaban J connectivity index is 1.47. The second-order valence-corrected chi connectivity index (χ2v) is 7.99. The van der Waals surface area contributed by atoms with Crippen LogP contribution in [0.3, 0.4) is 0 Å². The summed E-state index contributed by atoms with van der Waals surface area (Å²) in [5.41, 5.74) is 6.65. The zero-order chi connectivity index (χ0) is 15.4. The highest BCUT2D eigenvalue weighted by Crippen LogP contribution is 2.31. The molecule has 124 valence electrons. The molecule has 0 amide bonds. The van der Waals surface area contributed by atoms with Gasteiger partial charge in [0.1, 0.15) is 0 Å². The number of nitrogens with zero attached hydrogens (tertiary/aromatic N) is 2. The average molecular weight is 324 g/mol. The molecule has 0 unspecified atom stereocenters. The zero-order valence-electron chi connectivity index (χ0n) is 13.7. The normalized spacial score (nSPS) is 24.2. The Kier molecular flexibility index (Phi) is 5.37. The molecule has 1 aliphatic carbocycles. The standard InChI is InChI=1S/C17H29N3OS/c1-17(21-12-14-13-22-16(18)19-14)8-10-20(11-9-17)15-6-4-2-3-5-7-15/h13,15H,2-12H2,1H3,(H2,18,19). The Morgan fingerprint density at radius 1 is 1.27 bits per heavy atom. The minimum Gasteiger partial charge on any atom is -0.375 e. The molecular formula is C17H29N3OS. The van der Waals surface area contributed by atoms with Gasteiger partial charge in [-0.1, -0.05) is 25.7 Å². The van der Waals surface area contributed by atoms with Gasteiger partial charge in [0, 0.05) is 24.5 Å². The summed E-state index contributed by atoms with van der Waals surface area (Å²) >= 11 is 1.49. The number of aromatic nitrogens is 1. The van der Waals surface area contributed by atoms with Crippen molar-refractivity contribution in [1.82, 2.24) is 9.88 Å². The quantitative estimate of drug-likeness (QED) is 0.856. The van der Waals surface area contributed by atoms with E-state index in [0.29, 0.717) is 11.7 Å². The number of rotatable bonds is 4. The summed E-state index contributed by atoms with van der Waals surface area (Å²) in [6.07, 6.45) is 10.8. The predicted molar refractivity (Wildman–Crippen MR) is 92.0 cm³/mol. The number of nitrogen functional groups attached to an aromatic ring is 1. The van der Waals surface area contributed by atoms with E-state index < -0.39 is 0 Å². The second-order valence-electron chi connectivity index (χ2n) is 7.10. The smallest absolute Gasteiger partial charge is 0.180 e. The van der Waals surface area contributed by atoms with Crippen LogP contribution in [0.4, 0.5) is 5.13 Å². The van der Waals surface area contributed by atoms with Crippen LogP contribution in [0.5, 0.6) is 0 Å². The van der Waals surface area contributed by atoms with Gasteiger partial charge in [-0.15, -0.1) is 11.3 Å². The first-order valence-electron chi connectivity index (χ1n) is 8.73. The Morgan fingerprint density at radius 3 is 2.55 bits per heavy atom. The molecule has 0 atom stereocenters. The highest BCUT2D eigenvalue weighted by atomic mass is 32.1. The van der Waals surface area contributed by atoms with E-state index in [1.54, 1.807) is 0 Å². The molecule has 2 heterocycles. The predicted octanol–water partition coefficient (Wildman–Crippen LogP) is 3.82. The van der Waals surface area contributed by atoms with Crippen LogP contribution in [0.25, 0.3) is 0 Å². The molecular weight excluding hydrogens is 294 g/mol. The third-order valence-electron chi connectivity index (χ3n) is 5.33. The molecule has 1 saturated heterocycles. The molecule has 2 aliphatic rings. The molecule has 2 N–H and O–H groups in total. The van der Waals surface area contributed by atoms with E-state index in [0.717, 1.165) is 24.6 Å². The lowest BCUT2D eigenvalue weighted by Crippen LogP contribution is -2.48. The van der Waals surface area contributed by atoms with Crippen LogP contribution in [-0.2, 0) is 11.3 Å². The Bertz CT molecular complexity index is 460. The molecule has 3 rings (SSSR count). The van der Waals surface area contributed by atoms with E-state index in [1.807, 2.05) is 5.38 Å². The molecule has 1 aromatic heterocycles. The maximum Gasteiger partial charge on any atom is 0.180 e. The van der Waals surface area contributed by atoms with Gasteiger partial charge in [-0.25, -0.2) is 4.98 Å². The van der Waals surface area contributed by atoms with E-state index in [1.165, 1.54) is 63.0 Å². The van der Waals surface area contributed by atoms with Crippen molar-refractivity contribution in [3.63, 3.8) is 0 Å². The minimum atomic E-state index is -0.000389. The van der Waals surface area contributed by atoms with E-state index in [-0.39, 0.29) is 5.60 Å². The number of ether oxygens (including phenoxy) is 1. The molecule has 1 saturated carbocycles. The van der Waals surface area contributed by atoms with E-state index in [9.17, 15) is 0 Å². The van der Waals surface area contributed by atoms with Crippen LogP contribution < -0.4 is 5.73 Å². The third-order valence-corrected chi connectivity index (χ3v) is 6.06. The fourth-order valence-corrected chi connectivity index (χ4v) is 4.31. The van der Waals surface area contributed by atoms with Crippen molar-refractivity contribution in [3.05, 3.63) is 11.1 Å². The van der Waals surface area contributed by atoms with Gasteiger partial charge in [0.15, 0.2) is 5.13 Å². The van der Waals surface area contributed by atoms with Gasteiger partial charge in [-0.2, -0.15) is 0 Å². The summed E-state index contributed by atoms with van der Waals surface area (Å²) in [6, 6.07) is 0.824. The molecule has 0 aromatic carbocycles. The zero-order valence-corrected chi connectivity index (χ0v) is 14.5. The first-order valence-corrected chi connectivity index (χ1v) is 9.60. The van der Waals surface area contributed by atoms with E-state index in [2.05, 4.69) is 16.8 Å². The molecule has 22 heavy (non-hydrogen) atoms. The largest absolute Gasteiger partial charge is 0.375 e. The average Bonchev–Trinajstić information content (AvgIpc) is 2.76. The van der Waals surface area contributed by atoms with Gasteiger partial charge in [0.25, 0.3) is 0 Å². The Hall–Kier alpha value is -0.650. The number of hydrogen-bond acceptors (Lipinski definition) is 5. The molecule has 4 nitrogen and oxygen atoms in total. The van der Waals surface area contributed by atoms with Gasteiger partial charge in [-0.05, 0) is 32.6 Å². The lowest BCUT2D eigenvalue weighted by atomic mass is 9.91. The summed E-state index contributed by atoms with van der Waals surface area (Å²) in [5.74, 6) is 0. The number of hydrogen-bond donors (Lipinski definition) is 1. The molecule has 2 fully saturated rings. The molecule has 0 bridgehead atoms. The second kappa shape index (κ2) is 7.28. The van der Waals surface area contributed by atoms with Crippen LogP contribution in [0.15, 0.2) is 5.38 Å². The van der Waals surface area contributed by atoms with Crippen molar-refractivity contribution >= 4 is 16.5 Å². The monoisotopic (exact) mass is 323 g/mol. The van der Waals surface area contributed by atoms with Crippen molar-refractivity contribution < 1.29 is 4.74 Å². The highest BCUT2D eigenvalue weighted by Gasteiger charge is 2.33. The van der Waals surface area contributed by atoms with Gasteiger partial charge < -0.3 is 15.4 Å². The summed E-state index contributed by atoms with van der Waals surface area (Å²) in [5, 5.41) is 2.63. The van der Waals surface area contributed by atoms with Crippen LogP contribution in [0.2, 0.25) is 0 Å². The van der Waals surface area contributed by atoms with Crippen LogP contribution in [0, 0.1) is 0 Å². The number of likely N-dealkylation sites (tertiary alicyclic amines) is 1. The fourth-order valence-electron chi connectivity index (χ4n) is 3.77. The summed E-state index contributed by atoms with van der Waals surface area (Å²) in [6.45, 7) is 5.21. The molecule has 0 radical (unpaired) electrons. The maximum absolute atomic E-state index is 6.19. The van der Waals surface area contributed by atoms with Gasteiger partial charge in [0.2, 0.25) is 0 Å². The van der Waals surface area contributed by atoms with Crippen LogP contribution in [-0.4, -0.2) is 34.6 Å². The summed E-state index contributed by atoms with van der Waals surface area (Å²) < 4.78 is 6.19. The minimum absolute atomic E-state index is 0.000389. The van der Waals surface area contributed by atoms with Crippen LogP contribution >= 0.6 is 11.3 Å². The van der Waals surface area contributed by atoms with Gasteiger partial charge in [-0.3, -0.25) is 0 Å². The van der Waals surface area contributed by atoms with Crippen molar-refractivity contribution in [2.45, 2.75) is 76.5 Å². The molecule has 1 aromatic rings. The van der Waals surface area contributed by atoms with Gasteiger partial charge in [0.05, 0.1) is 17.9 Å².